The Bertz CT molecular complexity index is 1560. The maximum atomic E-state index is 13.9. The molecule has 0 unspecified atom stereocenters. The lowest BCUT2D eigenvalue weighted by Gasteiger charge is -2.45. The molecule has 39 heavy (non-hydrogen) atoms. The van der Waals surface area contributed by atoms with Gasteiger partial charge in [0, 0.05) is 16.0 Å². The smallest absolute Gasteiger partial charge is 0.345 e. The molecule has 1 amide bonds. The number of methoxy groups -OCH3 is 1. The second-order valence-electron chi connectivity index (χ2n) is 10.1. The van der Waals surface area contributed by atoms with Gasteiger partial charge in [-0.2, -0.15) is 0 Å². The fourth-order valence-electron chi connectivity index (χ4n) is 4.92. The quantitative estimate of drug-likeness (QED) is 0.181. The van der Waals surface area contributed by atoms with Crippen LogP contribution in [-0.2, 0) is 20.7 Å². The van der Waals surface area contributed by atoms with E-state index in [1.165, 1.54) is 18.9 Å². The molecular formula is C32H29NO3S3. The van der Waals surface area contributed by atoms with E-state index in [1.807, 2.05) is 79.4 Å². The number of aryl methyl sites for hydroxylation is 2. The molecule has 5 rings (SSSR count). The minimum Gasteiger partial charge on any atom is -0.465 e. The number of ether oxygens (including phenoxy) is 1. The molecule has 2 aliphatic heterocycles. The zero-order valence-corrected chi connectivity index (χ0v) is 25.0. The Hall–Kier alpha value is -3.13. The van der Waals surface area contributed by atoms with Gasteiger partial charge in [-0.05, 0) is 62.1 Å². The van der Waals surface area contributed by atoms with E-state index in [0.29, 0.717) is 9.77 Å². The van der Waals surface area contributed by atoms with E-state index in [2.05, 4.69) is 26.0 Å². The molecule has 0 aliphatic carbocycles. The molecule has 0 saturated heterocycles. The highest BCUT2D eigenvalue weighted by Gasteiger charge is 2.45. The lowest BCUT2D eigenvalue weighted by Crippen LogP contribution is -2.56. The molecule has 3 aromatic rings. The Morgan fingerprint density at radius 2 is 1.54 bits per heavy atom. The predicted molar refractivity (Wildman–Crippen MR) is 168 cm³/mol. The van der Waals surface area contributed by atoms with Crippen LogP contribution in [0.15, 0.2) is 81.9 Å². The Labute approximate surface area is 243 Å². The van der Waals surface area contributed by atoms with Crippen LogP contribution in [0.1, 0.15) is 41.7 Å². The van der Waals surface area contributed by atoms with E-state index in [9.17, 15) is 9.59 Å². The van der Waals surface area contributed by atoms with Gasteiger partial charge in [-0.1, -0.05) is 96.4 Å². The van der Waals surface area contributed by atoms with Crippen LogP contribution in [0.25, 0.3) is 10.5 Å². The number of carbonyl (C=O) groups is 2. The van der Waals surface area contributed by atoms with Gasteiger partial charge >= 0.3 is 5.97 Å². The molecule has 3 aromatic carbocycles. The number of rotatable bonds is 4. The number of hydrogen-bond donors (Lipinski definition) is 0. The van der Waals surface area contributed by atoms with Gasteiger partial charge in [-0.3, -0.25) is 4.79 Å². The van der Waals surface area contributed by atoms with E-state index in [4.69, 9.17) is 17.0 Å². The van der Waals surface area contributed by atoms with Crippen LogP contribution in [0.3, 0.4) is 0 Å². The van der Waals surface area contributed by atoms with Gasteiger partial charge < -0.3 is 9.64 Å². The standard InChI is InChI=1S/C32H29NO3S3/c1-19-16-23-24(17-20(19)2)33(25(34)18-21-12-8-6-9-13-21)32(3,4)29(37)26(23)31-38-27(22-14-10-7-11-15-22)28(39-31)30(35)36-5/h6-17H,18H2,1-5H3/b31-26+. The molecule has 0 saturated carbocycles. The number of nitrogens with zero attached hydrogens (tertiary/aromatic N) is 1. The number of carbonyl (C=O) groups excluding carboxylic acids is 2. The Kier molecular flexibility index (Phi) is 7.60. The Morgan fingerprint density at radius 3 is 2.18 bits per heavy atom. The molecule has 0 bridgehead atoms. The summed E-state index contributed by atoms with van der Waals surface area (Å²) in [7, 11) is 1.40. The first-order valence-corrected chi connectivity index (χ1v) is 14.7. The first-order chi connectivity index (χ1) is 18.6. The summed E-state index contributed by atoms with van der Waals surface area (Å²) in [6.07, 6.45) is 0.279. The monoisotopic (exact) mass is 571 g/mol. The number of anilines is 1. The van der Waals surface area contributed by atoms with Gasteiger partial charge in [-0.15, -0.1) is 0 Å². The zero-order valence-electron chi connectivity index (χ0n) is 22.5. The minimum atomic E-state index is -0.764. The second-order valence-corrected chi connectivity index (χ2v) is 12.8. The lowest BCUT2D eigenvalue weighted by atomic mass is 9.81. The summed E-state index contributed by atoms with van der Waals surface area (Å²) < 4.78 is 6.08. The van der Waals surface area contributed by atoms with E-state index in [-0.39, 0.29) is 18.3 Å². The Morgan fingerprint density at radius 1 is 0.923 bits per heavy atom. The molecule has 0 spiro atoms. The summed E-state index contributed by atoms with van der Waals surface area (Å²) in [4.78, 5) is 30.7. The maximum absolute atomic E-state index is 13.9. The summed E-state index contributed by atoms with van der Waals surface area (Å²) in [6, 6.07) is 23.9. The molecule has 0 fully saturated rings. The second kappa shape index (κ2) is 10.8. The van der Waals surface area contributed by atoms with Crippen LogP contribution in [-0.4, -0.2) is 29.4 Å². The third-order valence-corrected chi connectivity index (χ3v) is 10.4. The molecule has 4 nitrogen and oxygen atoms in total. The SMILES string of the molecule is COC(=O)C1=C(c2ccccc2)S/C(=C2\C(=S)C(C)(C)N(C(=O)Cc3ccccc3)c3cc(C)c(C)cc32)S1. The van der Waals surface area contributed by atoms with Crippen molar-refractivity contribution in [2.45, 2.75) is 39.7 Å². The zero-order chi connectivity index (χ0) is 27.9. The molecule has 198 valence electrons. The van der Waals surface area contributed by atoms with Crippen molar-refractivity contribution >= 4 is 68.6 Å². The van der Waals surface area contributed by atoms with Crippen molar-refractivity contribution in [1.82, 2.24) is 0 Å². The van der Waals surface area contributed by atoms with Crippen molar-refractivity contribution < 1.29 is 14.3 Å². The van der Waals surface area contributed by atoms with Crippen LogP contribution in [0.4, 0.5) is 5.69 Å². The first kappa shape index (κ1) is 27.4. The highest BCUT2D eigenvalue weighted by atomic mass is 32.2. The number of amides is 1. The van der Waals surface area contributed by atoms with Crippen LogP contribution in [0.5, 0.6) is 0 Å². The fourth-order valence-corrected chi connectivity index (χ4v) is 8.08. The molecule has 2 heterocycles. The number of thiocarbonyl (C=S) groups is 1. The average Bonchev–Trinajstić information content (AvgIpc) is 3.36. The lowest BCUT2D eigenvalue weighted by molar-refractivity contribution is -0.135. The van der Waals surface area contributed by atoms with Gasteiger partial charge in [0.25, 0.3) is 0 Å². The van der Waals surface area contributed by atoms with Crippen molar-refractivity contribution in [3.8, 4) is 0 Å². The molecule has 0 radical (unpaired) electrons. The van der Waals surface area contributed by atoms with Gasteiger partial charge in [0.05, 0.1) is 33.9 Å². The Balaban J connectivity index is 1.67. The number of hydrogen-bond acceptors (Lipinski definition) is 6. The third kappa shape index (κ3) is 4.99. The fraction of sp³-hybridized carbons (Fsp3) is 0.219. The normalized spacial score (nSPS) is 18.3. The van der Waals surface area contributed by atoms with Crippen LogP contribution >= 0.6 is 35.7 Å². The largest absolute Gasteiger partial charge is 0.465 e. The highest BCUT2D eigenvalue weighted by molar-refractivity contribution is 8.32. The van der Waals surface area contributed by atoms with Crippen LogP contribution in [0.2, 0.25) is 0 Å². The third-order valence-electron chi connectivity index (χ3n) is 7.12. The predicted octanol–water partition coefficient (Wildman–Crippen LogP) is 7.73. The number of thioether (sulfide) groups is 2. The molecule has 0 atom stereocenters. The topological polar surface area (TPSA) is 46.6 Å². The molecular weight excluding hydrogens is 543 g/mol. The van der Waals surface area contributed by atoms with E-state index >= 15 is 0 Å². The van der Waals surface area contributed by atoms with E-state index in [0.717, 1.165) is 48.2 Å². The van der Waals surface area contributed by atoms with Crippen molar-refractivity contribution in [2.24, 2.45) is 0 Å². The molecule has 0 aromatic heterocycles. The van der Waals surface area contributed by atoms with Crippen molar-refractivity contribution in [1.29, 1.82) is 0 Å². The van der Waals surface area contributed by atoms with Crippen molar-refractivity contribution in [3.63, 3.8) is 0 Å². The summed E-state index contributed by atoms with van der Waals surface area (Å²) in [6.45, 7) is 8.15. The molecule has 2 aliphatic rings. The molecule has 0 N–H and O–H groups in total. The van der Waals surface area contributed by atoms with Gasteiger partial charge in [0.15, 0.2) is 0 Å². The van der Waals surface area contributed by atoms with Crippen LogP contribution < -0.4 is 4.90 Å². The maximum Gasteiger partial charge on any atom is 0.345 e. The minimum absolute atomic E-state index is 0.00724. The number of benzene rings is 3. The van der Waals surface area contributed by atoms with Gasteiger partial charge in [0.1, 0.15) is 4.91 Å². The van der Waals surface area contributed by atoms with Gasteiger partial charge in [-0.25, -0.2) is 4.79 Å². The van der Waals surface area contributed by atoms with Crippen molar-refractivity contribution in [2.75, 3.05) is 12.0 Å². The van der Waals surface area contributed by atoms with E-state index < -0.39 is 5.54 Å². The van der Waals surface area contributed by atoms with Crippen molar-refractivity contribution in [3.05, 3.63) is 110 Å². The van der Waals surface area contributed by atoms with E-state index in [1.54, 1.807) is 11.8 Å². The highest BCUT2D eigenvalue weighted by Crippen LogP contribution is 2.58. The summed E-state index contributed by atoms with van der Waals surface area (Å²) in [5.74, 6) is -0.380. The van der Waals surface area contributed by atoms with Crippen LogP contribution in [0, 0.1) is 13.8 Å². The van der Waals surface area contributed by atoms with Gasteiger partial charge in [0.2, 0.25) is 5.91 Å². The summed E-state index contributed by atoms with van der Waals surface area (Å²) in [5, 5.41) is 0. The molecule has 7 heteroatoms. The number of esters is 1. The average molecular weight is 572 g/mol. The number of fused-ring (bicyclic) bond motifs is 1. The first-order valence-electron chi connectivity index (χ1n) is 12.6. The summed E-state index contributed by atoms with van der Waals surface area (Å²) in [5.41, 5.74) is 6.02. The summed E-state index contributed by atoms with van der Waals surface area (Å²) >= 11 is 9.13.